The summed E-state index contributed by atoms with van der Waals surface area (Å²) in [4.78, 5) is 23.8. The molecule has 0 heterocycles. The lowest BCUT2D eigenvalue weighted by Gasteiger charge is -2.20. The Kier molecular flexibility index (Phi) is 7.35. The van der Waals surface area contributed by atoms with E-state index in [1.807, 2.05) is 13.8 Å². The molecule has 0 unspecified atom stereocenters. The predicted octanol–water partition coefficient (Wildman–Crippen LogP) is 1.95. The molecular weight excluding hydrogens is 306 g/mol. The molecular formula is C16H22ClNO4. The Labute approximate surface area is 135 Å². The van der Waals surface area contributed by atoms with Crippen molar-refractivity contribution in [1.82, 2.24) is 5.32 Å². The van der Waals surface area contributed by atoms with Crippen LogP contribution in [0.15, 0.2) is 24.3 Å². The van der Waals surface area contributed by atoms with E-state index in [1.165, 1.54) is 7.11 Å². The van der Waals surface area contributed by atoms with Gasteiger partial charge in [-0.2, -0.15) is 0 Å². The number of amides is 1. The van der Waals surface area contributed by atoms with E-state index in [0.29, 0.717) is 11.4 Å². The lowest BCUT2D eigenvalue weighted by Crippen LogP contribution is -2.47. The zero-order valence-electron chi connectivity index (χ0n) is 13.0. The summed E-state index contributed by atoms with van der Waals surface area (Å²) in [6, 6.07) is 6.17. The van der Waals surface area contributed by atoms with Crippen LogP contribution in [0.25, 0.3) is 0 Å². The van der Waals surface area contributed by atoms with E-state index in [9.17, 15) is 14.7 Å². The van der Waals surface area contributed by atoms with Crippen LogP contribution < -0.4 is 5.32 Å². The van der Waals surface area contributed by atoms with E-state index < -0.39 is 24.0 Å². The number of carbonyl (C=O) groups is 2. The van der Waals surface area contributed by atoms with E-state index in [4.69, 9.17) is 16.3 Å². The predicted molar refractivity (Wildman–Crippen MR) is 84.6 cm³/mol. The van der Waals surface area contributed by atoms with Gasteiger partial charge in [0.2, 0.25) is 5.91 Å². The lowest BCUT2D eigenvalue weighted by atomic mass is 10.0. The minimum absolute atomic E-state index is 0.167. The molecule has 1 aromatic rings. The Bertz CT molecular complexity index is 519. The van der Waals surface area contributed by atoms with Crippen molar-refractivity contribution in [3.8, 4) is 0 Å². The summed E-state index contributed by atoms with van der Waals surface area (Å²) >= 11 is 6.07. The van der Waals surface area contributed by atoms with Crippen LogP contribution in [0.1, 0.15) is 25.8 Å². The van der Waals surface area contributed by atoms with Gasteiger partial charge in [-0.3, -0.25) is 4.79 Å². The average Bonchev–Trinajstić information content (AvgIpc) is 2.47. The van der Waals surface area contributed by atoms with Crippen LogP contribution in [0.4, 0.5) is 0 Å². The van der Waals surface area contributed by atoms with Crippen LogP contribution in [-0.4, -0.2) is 36.2 Å². The lowest BCUT2D eigenvalue weighted by molar-refractivity contribution is -0.146. The molecule has 0 spiro atoms. The van der Waals surface area contributed by atoms with E-state index >= 15 is 0 Å². The molecule has 0 radical (unpaired) electrons. The maximum Gasteiger partial charge on any atom is 0.328 e. The highest BCUT2D eigenvalue weighted by atomic mass is 35.5. The second kappa shape index (κ2) is 8.76. The van der Waals surface area contributed by atoms with Crippen molar-refractivity contribution in [2.75, 3.05) is 7.11 Å². The quantitative estimate of drug-likeness (QED) is 0.751. The van der Waals surface area contributed by atoms with Gasteiger partial charge in [-0.1, -0.05) is 43.6 Å². The Morgan fingerprint density at radius 2 is 1.95 bits per heavy atom. The molecule has 0 saturated carbocycles. The SMILES string of the molecule is COC(=O)[C@@H](Cc1ccccc1Cl)NC(=O)[C@@H](O)CC(C)C. The summed E-state index contributed by atoms with van der Waals surface area (Å²) in [6.07, 6.45) is -0.628. The van der Waals surface area contributed by atoms with Crippen LogP contribution in [-0.2, 0) is 20.7 Å². The number of ether oxygens (including phenoxy) is 1. The molecule has 5 nitrogen and oxygen atoms in total. The van der Waals surface area contributed by atoms with Gasteiger partial charge in [-0.15, -0.1) is 0 Å². The van der Waals surface area contributed by atoms with Crippen molar-refractivity contribution in [3.05, 3.63) is 34.9 Å². The van der Waals surface area contributed by atoms with E-state index in [2.05, 4.69) is 5.32 Å². The number of esters is 1. The number of hydrogen-bond acceptors (Lipinski definition) is 4. The number of carbonyl (C=O) groups excluding carboxylic acids is 2. The number of aliphatic hydroxyl groups excluding tert-OH is 1. The van der Waals surface area contributed by atoms with Gasteiger partial charge < -0.3 is 15.2 Å². The molecule has 1 amide bonds. The Hall–Kier alpha value is -1.59. The number of benzene rings is 1. The molecule has 1 rings (SSSR count). The first-order valence-corrected chi connectivity index (χ1v) is 7.52. The molecule has 6 heteroatoms. The summed E-state index contributed by atoms with van der Waals surface area (Å²) in [6.45, 7) is 3.80. The number of hydrogen-bond donors (Lipinski definition) is 2. The number of methoxy groups -OCH3 is 1. The second-order valence-electron chi connectivity index (χ2n) is 5.53. The zero-order chi connectivity index (χ0) is 16.7. The zero-order valence-corrected chi connectivity index (χ0v) is 13.8. The molecule has 0 aliphatic carbocycles. The van der Waals surface area contributed by atoms with Gasteiger partial charge in [0.15, 0.2) is 0 Å². The van der Waals surface area contributed by atoms with E-state index in [0.717, 1.165) is 5.56 Å². The van der Waals surface area contributed by atoms with Crippen molar-refractivity contribution < 1.29 is 19.4 Å². The molecule has 0 aliphatic heterocycles. The fourth-order valence-electron chi connectivity index (χ4n) is 2.04. The second-order valence-corrected chi connectivity index (χ2v) is 5.93. The van der Waals surface area contributed by atoms with E-state index in [1.54, 1.807) is 24.3 Å². The molecule has 22 heavy (non-hydrogen) atoms. The summed E-state index contributed by atoms with van der Waals surface area (Å²) < 4.78 is 4.71. The van der Waals surface area contributed by atoms with Crippen LogP contribution >= 0.6 is 11.6 Å². The minimum atomic E-state index is -1.15. The fraction of sp³-hybridized carbons (Fsp3) is 0.500. The van der Waals surface area contributed by atoms with Crippen LogP contribution in [0.5, 0.6) is 0 Å². The van der Waals surface area contributed by atoms with Crippen molar-refractivity contribution in [2.24, 2.45) is 5.92 Å². The molecule has 0 saturated heterocycles. The van der Waals surface area contributed by atoms with Gasteiger partial charge in [-0.25, -0.2) is 4.79 Å². The van der Waals surface area contributed by atoms with Gasteiger partial charge in [0.05, 0.1) is 7.11 Å². The molecule has 0 bridgehead atoms. The summed E-state index contributed by atoms with van der Waals surface area (Å²) in [5, 5.41) is 12.9. The Morgan fingerprint density at radius 3 is 2.50 bits per heavy atom. The molecule has 0 aromatic heterocycles. The Morgan fingerprint density at radius 1 is 1.32 bits per heavy atom. The number of rotatable bonds is 7. The largest absolute Gasteiger partial charge is 0.467 e. The first-order chi connectivity index (χ1) is 10.3. The monoisotopic (exact) mass is 327 g/mol. The molecule has 1 aromatic carbocycles. The summed E-state index contributed by atoms with van der Waals surface area (Å²) in [5.74, 6) is -0.998. The minimum Gasteiger partial charge on any atom is -0.467 e. The molecule has 2 N–H and O–H groups in total. The van der Waals surface area contributed by atoms with Crippen molar-refractivity contribution in [2.45, 2.75) is 38.8 Å². The average molecular weight is 328 g/mol. The maximum atomic E-state index is 12.0. The van der Waals surface area contributed by atoms with Gasteiger partial charge in [-0.05, 0) is 24.0 Å². The highest BCUT2D eigenvalue weighted by Gasteiger charge is 2.26. The topological polar surface area (TPSA) is 75.6 Å². The third-order valence-corrected chi connectivity index (χ3v) is 3.55. The normalized spacial score (nSPS) is 13.5. The van der Waals surface area contributed by atoms with Crippen molar-refractivity contribution >= 4 is 23.5 Å². The summed E-state index contributed by atoms with van der Waals surface area (Å²) in [7, 11) is 1.25. The van der Waals surface area contributed by atoms with Crippen LogP contribution in [0.3, 0.4) is 0 Å². The van der Waals surface area contributed by atoms with E-state index in [-0.39, 0.29) is 12.3 Å². The Balaban J connectivity index is 2.79. The highest BCUT2D eigenvalue weighted by molar-refractivity contribution is 6.31. The first kappa shape index (κ1) is 18.5. The number of halogens is 1. The maximum absolute atomic E-state index is 12.0. The third-order valence-electron chi connectivity index (χ3n) is 3.18. The molecule has 0 fully saturated rings. The van der Waals surface area contributed by atoms with Crippen molar-refractivity contribution in [3.63, 3.8) is 0 Å². The van der Waals surface area contributed by atoms with Crippen molar-refractivity contribution in [1.29, 1.82) is 0 Å². The number of aliphatic hydroxyl groups is 1. The van der Waals surface area contributed by atoms with Gasteiger partial charge >= 0.3 is 5.97 Å². The van der Waals surface area contributed by atoms with Crippen LogP contribution in [0.2, 0.25) is 5.02 Å². The standard InChI is InChI=1S/C16H22ClNO4/c1-10(2)8-14(19)15(20)18-13(16(21)22-3)9-11-6-4-5-7-12(11)17/h4-7,10,13-14,19H,8-9H2,1-3H3,(H,18,20)/t13-,14+/m1/s1. The summed E-state index contributed by atoms with van der Waals surface area (Å²) in [5.41, 5.74) is 0.721. The van der Waals surface area contributed by atoms with Gasteiger partial charge in [0, 0.05) is 11.4 Å². The highest BCUT2D eigenvalue weighted by Crippen LogP contribution is 2.17. The van der Waals surface area contributed by atoms with Gasteiger partial charge in [0.1, 0.15) is 12.1 Å². The number of nitrogens with one attached hydrogen (secondary N) is 1. The van der Waals surface area contributed by atoms with Crippen LogP contribution in [0, 0.1) is 5.92 Å². The fourth-order valence-corrected chi connectivity index (χ4v) is 2.25. The first-order valence-electron chi connectivity index (χ1n) is 7.14. The molecule has 122 valence electrons. The smallest absolute Gasteiger partial charge is 0.328 e. The molecule has 0 aliphatic rings. The molecule has 2 atom stereocenters. The van der Waals surface area contributed by atoms with Gasteiger partial charge in [0.25, 0.3) is 0 Å². The third kappa shape index (κ3) is 5.66.